The summed E-state index contributed by atoms with van der Waals surface area (Å²) >= 11 is 0. The molecular weight excluding hydrogens is 398 g/mol. The van der Waals surface area contributed by atoms with Gasteiger partial charge in [-0.1, -0.05) is 18.2 Å². The van der Waals surface area contributed by atoms with Crippen molar-refractivity contribution in [1.82, 2.24) is 9.78 Å². The van der Waals surface area contributed by atoms with Crippen molar-refractivity contribution in [2.24, 2.45) is 0 Å². The van der Waals surface area contributed by atoms with E-state index in [-0.39, 0.29) is 17.9 Å². The Balaban J connectivity index is 1.63. The number of hydrogen-bond acceptors (Lipinski definition) is 6. The number of ether oxygens (including phenoxy) is 1. The van der Waals surface area contributed by atoms with Crippen LogP contribution in [0.5, 0.6) is 0 Å². The average Bonchev–Trinajstić information content (AvgIpc) is 3.19. The van der Waals surface area contributed by atoms with Gasteiger partial charge in [0, 0.05) is 35.9 Å². The number of hydrogen-bond donors (Lipinski definition) is 0. The van der Waals surface area contributed by atoms with Gasteiger partial charge >= 0.3 is 5.97 Å². The molecule has 1 aliphatic carbocycles. The SMILES string of the molecule is O=C(Cc1cn(-c2ccccc2)nc1-c1ccc([N+](=O)[O-])cc1)O[C@H]1CCCCC1=O. The van der Waals surface area contributed by atoms with Gasteiger partial charge in [-0.25, -0.2) is 4.68 Å². The maximum Gasteiger partial charge on any atom is 0.311 e. The molecule has 1 heterocycles. The quantitative estimate of drug-likeness (QED) is 0.339. The second kappa shape index (κ2) is 8.91. The number of aromatic nitrogens is 2. The molecule has 0 bridgehead atoms. The second-order valence-electron chi connectivity index (χ2n) is 7.45. The molecular formula is C23H21N3O5. The highest BCUT2D eigenvalue weighted by Gasteiger charge is 2.26. The molecule has 8 nitrogen and oxygen atoms in total. The van der Waals surface area contributed by atoms with Crippen molar-refractivity contribution in [1.29, 1.82) is 0 Å². The fraction of sp³-hybridized carbons (Fsp3) is 0.261. The molecule has 1 atom stereocenters. The molecule has 0 spiro atoms. The number of nitro groups is 1. The van der Waals surface area contributed by atoms with Crippen LogP contribution in [0.1, 0.15) is 31.2 Å². The third kappa shape index (κ3) is 4.69. The standard InChI is InChI=1S/C23H21N3O5/c27-20-8-4-5-9-21(20)31-22(28)14-17-15-25(18-6-2-1-3-7-18)24-23(17)16-10-12-19(13-11-16)26(29)30/h1-3,6-7,10-13,15,21H,4-5,8-9,14H2/t21-/m0/s1. The van der Waals surface area contributed by atoms with E-state index in [4.69, 9.17) is 4.74 Å². The van der Waals surface area contributed by atoms with E-state index in [9.17, 15) is 19.7 Å². The van der Waals surface area contributed by atoms with Crippen LogP contribution in [0.15, 0.2) is 60.8 Å². The van der Waals surface area contributed by atoms with Gasteiger partial charge in [-0.3, -0.25) is 19.7 Å². The van der Waals surface area contributed by atoms with Crippen LogP contribution in [0.25, 0.3) is 16.9 Å². The van der Waals surface area contributed by atoms with Crippen LogP contribution in [0.3, 0.4) is 0 Å². The van der Waals surface area contributed by atoms with Gasteiger partial charge in [0.15, 0.2) is 11.9 Å². The normalized spacial score (nSPS) is 16.1. The highest BCUT2D eigenvalue weighted by Crippen LogP contribution is 2.27. The van der Waals surface area contributed by atoms with Crippen molar-refractivity contribution < 1.29 is 19.2 Å². The lowest BCUT2D eigenvalue weighted by Crippen LogP contribution is -2.30. The maximum atomic E-state index is 12.6. The minimum atomic E-state index is -0.673. The third-order valence-electron chi connectivity index (χ3n) is 5.27. The number of Topliss-reactive ketones (excluding diaryl/α,β-unsaturated/α-hetero) is 1. The van der Waals surface area contributed by atoms with Crippen molar-refractivity contribution in [3.8, 4) is 16.9 Å². The van der Waals surface area contributed by atoms with E-state index in [0.717, 1.165) is 18.5 Å². The van der Waals surface area contributed by atoms with Crippen LogP contribution in [0.4, 0.5) is 5.69 Å². The van der Waals surface area contributed by atoms with Crippen LogP contribution in [0.2, 0.25) is 0 Å². The van der Waals surface area contributed by atoms with E-state index in [1.54, 1.807) is 23.0 Å². The Bertz CT molecular complexity index is 1110. The smallest absolute Gasteiger partial charge is 0.311 e. The largest absolute Gasteiger partial charge is 0.454 e. The molecule has 0 amide bonds. The number of ketones is 1. The Morgan fingerprint density at radius 3 is 2.55 bits per heavy atom. The molecule has 0 unspecified atom stereocenters. The van der Waals surface area contributed by atoms with Crippen molar-refractivity contribution in [2.45, 2.75) is 38.2 Å². The summed E-state index contributed by atoms with van der Waals surface area (Å²) < 4.78 is 7.11. The number of nitrogens with zero attached hydrogens (tertiary/aromatic N) is 3. The van der Waals surface area contributed by atoms with Crippen LogP contribution in [0, 0.1) is 10.1 Å². The fourth-order valence-corrected chi connectivity index (χ4v) is 3.67. The van der Waals surface area contributed by atoms with Gasteiger partial charge in [0.25, 0.3) is 5.69 Å². The summed E-state index contributed by atoms with van der Waals surface area (Å²) in [5, 5.41) is 15.6. The molecule has 1 aliphatic rings. The minimum absolute atomic E-state index is 0.0250. The van der Waals surface area contributed by atoms with Crippen molar-refractivity contribution in [3.05, 3.63) is 76.5 Å². The Hall–Kier alpha value is -3.81. The summed E-state index contributed by atoms with van der Waals surface area (Å²) in [6.07, 6.45) is 3.72. The first kappa shape index (κ1) is 20.5. The van der Waals surface area contributed by atoms with Crippen molar-refractivity contribution in [3.63, 3.8) is 0 Å². The van der Waals surface area contributed by atoms with Crippen LogP contribution in [-0.2, 0) is 20.7 Å². The number of esters is 1. The van der Waals surface area contributed by atoms with Gasteiger partial charge in [0.1, 0.15) is 0 Å². The number of benzene rings is 2. The molecule has 0 aliphatic heterocycles. The zero-order valence-electron chi connectivity index (χ0n) is 16.8. The molecule has 31 heavy (non-hydrogen) atoms. The number of rotatable bonds is 6. The topological polar surface area (TPSA) is 104 Å². The number of nitro benzene ring substituents is 1. The molecule has 1 saturated carbocycles. The maximum absolute atomic E-state index is 12.6. The highest BCUT2D eigenvalue weighted by molar-refractivity contribution is 5.87. The molecule has 1 aromatic heterocycles. The predicted octanol–water partition coefficient (Wildman–Crippen LogP) is 4.04. The number of carbonyl (C=O) groups excluding carboxylic acids is 2. The van der Waals surface area contributed by atoms with Crippen LogP contribution in [-0.4, -0.2) is 32.6 Å². The summed E-state index contributed by atoms with van der Waals surface area (Å²) in [7, 11) is 0. The molecule has 0 N–H and O–H groups in total. The first-order valence-electron chi connectivity index (χ1n) is 10.1. The lowest BCUT2D eigenvalue weighted by atomic mass is 9.96. The summed E-state index contributed by atoms with van der Waals surface area (Å²) in [6.45, 7) is 0. The third-order valence-corrected chi connectivity index (χ3v) is 5.27. The Kier molecular flexibility index (Phi) is 5.88. The van der Waals surface area contributed by atoms with Crippen molar-refractivity contribution in [2.75, 3.05) is 0 Å². The van der Waals surface area contributed by atoms with Gasteiger partial charge in [0.2, 0.25) is 0 Å². The summed E-state index contributed by atoms with van der Waals surface area (Å²) in [5.74, 6) is -0.522. The lowest BCUT2D eigenvalue weighted by molar-refractivity contribution is -0.384. The zero-order valence-corrected chi connectivity index (χ0v) is 16.8. The van der Waals surface area contributed by atoms with Gasteiger partial charge in [-0.15, -0.1) is 0 Å². The van der Waals surface area contributed by atoms with Gasteiger partial charge in [-0.05, 0) is 43.5 Å². The van der Waals surface area contributed by atoms with Gasteiger partial charge in [-0.2, -0.15) is 5.10 Å². The molecule has 3 aromatic rings. The van der Waals surface area contributed by atoms with E-state index in [0.29, 0.717) is 29.7 Å². The fourth-order valence-electron chi connectivity index (χ4n) is 3.67. The summed E-state index contributed by atoms with van der Waals surface area (Å²) in [5.41, 5.74) is 2.59. The monoisotopic (exact) mass is 419 g/mol. The van der Waals surface area contributed by atoms with E-state index in [1.165, 1.54) is 12.1 Å². The van der Waals surface area contributed by atoms with E-state index < -0.39 is 17.0 Å². The zero-order chi connectivity index (χ0) is 21.8. The van der Waals surface area contributed by atoms with Gasteiger partial charge in [0.05, 0.1) is 22.7 Å². The first-order chi connectivity index (χ1) is 15.0. The van der Waals surface area contributed by atoms with Gasteiger partial charge < -0.3 is 4.74 Å². The van der Waals surface area contributed by atoms with Crippen LogP contribution >= 0.6 is 0 Å². The minimum Gasteiger partial charge on any atom is -0.454 e. The van der Waals surface area contributed by atoms with E-state index in [1.807, 2.05) is 30.3 Å². The molecule has 8 heteroatoms. The Morgan fingerprint density at radius 1 is 1.13 bits per heavy atom. The number of para-hydroxylation sites is 1. The molecule has 2 aromatic carbocycles. The summed E-state index contributed by atoms with van der Waals surface area (Å²) in [6, 6.07) is 15.4. The predicted molar refractivity (Wildman–Crippen MR) is 113 cm³/mol. The lowest BCUT2D eigenvalue weighted by Gasteiger charge is -2.20. The number of carbonyl (C=O) groups is 2. The van der Waals surface area contributed by atoms with Crippen LogP contribution < -0.4 is 0 Å². The highest BCUT2D eigenvalue weighted by atomic mass is 16.6. The second-order valence-corrected chi connectivity index (χ2v) is 7.45. The van der Waals surface area contributed by atoms with Crippen molar-refractivity contribution >= 4 is 17.4 Å². The molecule has 0 radical (unpaired) electrons. The molecule has 0 saturated heterocycles. The summed E-state index contributed by atoms with van der Waals surface area (Å²) in [4.78, 5) is 35.1. The molecule has 4 rings (SSSR count). The first-order valence-corrected chi connectivity index (χ1v) is 10.1. The Morgan fingerprint density at radius 2 is 1.87 bits per heavy atom. The average molecular weight is 419 g/mol. The Labute approximate surface area is 178 Å². The molecule has 1 fully saturated rings. The molecule has 158 valence electrons. The van der Waals surface area contributed by atoms with E-state index >= 15 is 0 Å². The van der Waals surface area contributed by atoms with E-state index in [2.05, 4.69) is 5.10 Å². The number of non-ortho nitro benzene ring substituents is 1.